The van der Waals surface area contributed by atoms with E-state index in [4.69, 9.17) is 4.74 Å². The number of nitrogens with one attached hydrogen (secondary N) is 1. The number of carbonyl (C=O) groups excluding carboxylic acids is 1. The maximum atomic E-state index is 12.1. The van der Waals surface area contributed by atoms with E-state index in [-0.39, 0.29) is 5.97 Å². The molecule has 7 heteroatoms. The largest absolute Gasteiger partial charge is 0.465 e. The summed E-state index contributed by atoms with van der Waals surface area (Å²) in [5.74, 6) is 1.62. The Morgan fingerprint density at radius 3 is 2.67 bits per heavy atom. The smallest absolute Gasteiger partial charge is 0.326 e. The molecule has 21 heavy (non-hydrogen) atoms. The van der Waals surface area contributed by atoms with Crippen LogP contribution in [0.25, 0.3) is 0 Å². The third kappa shape index (κ3) is 5.00. The monoisotopic (exact) mass is 314 g/mol. The van der Waals surface area contributed by atoms with Crippen LogP contribution in [0.3, 0.4) is 0 Å². The van der Waals surface area contributed by atoms with Gasteiger partial charge in [0.05, 0.1) is 6.61 Å². The third-order valence-corrected chi connectivity index (χ3v) is 4.50. The lowest BCUT2D eigenvalue weighted by atomic mass is 9.96. The standard InChI is InChI=1S/C14H26N4O2S/c1-6-15-14(4,12(19)20-7-2)9-8-10-21-13-17-16-11(3)18(13)5/h15H,6-10H2,1-5H3. The number of carbonyl (C=O) groups is 1. The van der Waals surface area contributed by atoms with Crippen LogP contribution in [0.15, 0.2) is 5.16 Å². The summed E-state index contributed by atoms with van der Waals surface area (Å²) in [7, 11) is 1.96. The molecular weight excluding hydrogens is 288 g/mol. The van der Waals surface area contributed by atoms with Gasteiger partial charge in [-0.05, 0) is 40.2 Å². The molecule has 1 rings (SSSR count). The highest BCUT2D eigenvalue weighted by molar-refractivity contribution is 7.99. The minimum Gasteiger partial charge on any atom is -0.465 e. The molecule has 0 spiro atoms. The molecule has 1 N–H and O–H groups in total. The average Bonchev–Trinajstić information content (AvgIpc) is 2.76. The minimum absolute atomic E-state index is 0.175. The number of ether oxygens (including phenoxy) is 1. The van der Waals surface area contributed by atoms with Crippen LogP contribution >= 0.6 is 11.8 Å². The summed E-state index contributed by atoms with van der Waals surface area (Å²) >= 11 is 1.66. The highest BCUT2D eigenvalue weighted by Crippen LogP contribution is 2.21. The zero-order chi connectivity index (χ0) is 15.9. The van der Waals surface area contributed by atoms with E-state index in [1.165, 1.54) is 0 Å². The van der Waals surface area contributed by atoms with Gasteiger partial charge in [-0.15, -0.1) is 10.2 Å². The highest BCUT2D eigenvalue weighted by Gasteiger charge is 2.33. The Kier molecular flexibility index (Phi) is 7.17. The van der Waals surface area contributed by atoms with Crippen molar-refractivity contribution >= 4 is 17.7 Å². The lowest BCUT2D eigenvalue weighted by Gasteiger charge is -2.28. The zero-order valence-corrected chi connectivity index (χ0v) is 14.4. The molecule has 1 heterocycles. The average molecular weight is 314 g/mol. The van der Waals surface area contributed by atoms with Crippen molar-refractivity contribution in [3.8, 4) is 0 Å². The van der Waals surface area contributed by atoms with Crippen molar-refractivity contribution in [3.63, 3.8) is 0 Å². The van der Waals surface area contributed by atoms with Gasteiger partial charge in [0.2, 0.25) is 0 Å². The van der Waals surface area contributed by atoms with Crippen molar-refractivity contribution in [2.75, 3.05) is 18.9 Å². The van der Waals surface area contributed by atoms with Gasteiger partial charge >= 0.3 is 5.97 Å². The second-order valence-electron chi connectivity index (χ2n) is 5.12. The van der Waals surface area contributed by atoms with Gasteiger partial charge in [-0.1, -0.05) is 18.7 Å². The van der Waals surface area contributed by atoms with E-state index in [2.05, 4.69) is 15.5 Å². The molecular formula is C14H26N4O2S. The predicted octanol–water partition coefficient (Wildman–Crippen LogP) is 1.93. The summed E-state index contributed by atoms with van der Waals surface area (Å²) in [5.41, 5.74) is -0.610. The summed E-state index contributed by atoms with van der Waals surface area (Å²) in [6.45, 7) is 8.81. The van der Waals surface area contributed by atoms with Gasteiger partial charge in [0.25, 0.3) is 0 Å². The molecule has 0 amide bonds. The number of esters is 1. The first-order valence-electron chi connectivity index (χ1n) is 7.35. The van der Waals surface area contributed by atoms with E-state index in [1.807, 2.05) is 39.3 Å². The predicted molar refractivity (Wildman–Crippen MR) is 84.4 cm³/mol. The first-order valence-corrected chi connectivity index (χ1v) is 8.34. The van der Waals surface area contributed by atoms with Gasteiger partial charge in [0, 0.05) is 12.8 Å². The van der Waals surface area contributed by atoms with Crippen molar-refractivity contribution in [2.45, 2.75) is 51.2 Å². The maximum Gasteiger partial charge on any atom is 0.326 e. The summed E-state index contributed by atoms with van der Waals surface area (Å²) < 4.78 is 7.13. The molecule has 1 atom stereocenters. The number of rotatable bonds is 9. The summed E-state index contributed by atoms with van der Waals surface area (Å²) in [6.07, 6.45) is 1.64. The molecule has 6 nitrogen and oxygen atoms in total. The van der Waals surface area contributed by atoms with E-state index in [0.717, 1.165) is 36.1 Å². The number of aromatic nitrogens is 3. The summed E-state index contributed by atoms with van der Waals surface area (Å²) in [5, 5.41) is 12.3. The van der Waals surface area contributed by atoms with Gasteiger partial charge in [-0.25, -0.2) is 0 Å². The molecule has 1 aromatic rings. The molecule has 0 aliphatic heterocycles. The molecule has 0 saturated carbocycles. The first kappa shape index (κ1) is 18.0. The van der Waals surface area contributed by atoms with E-state index in [9.17, 15) is 4.79 Å². The van der Waals surface area contributed by atoms with Crippen LogP contribution in [0.1, 0.15) is 39.4 Å². The maximum absolute atomic E-state index is 12.1. The van der Waals surface area contributed by atoms with E-state index in [1.54, 1.807) is 11.8 Å². The minimum atomic E-state index is -0.610. The molecule has 120 valence electrons. The van der Waals surface area contributed by atoms with Crippen LogP contribution in [0.5, 0.6) is 0 Å². The molecule has 0 saturated heterocycles. The Morgan fingerprint density at radius 2 is 2.14 bits per heavy atom. The van der Waals surface area contributed by atoms with Crippen molar-refractivity contribution < 1.29 is 9.53 Å². The molecule has 1 unspecified atom stereocenters. The molecule has 0 aliphatic carbocycles. The molecule has 0 bridgehead atoms. The Hall–Kier alpha value is -1.08. The number of thioether (sulfide) groups is 1. The van der Waals surface area contributed by atoms with Crippen LogP contribution in [0, 0.1) is 6.92 Å². The second-order valence-corrected chi connectivity index (χ2v) is 6.19. The van der Waals surface area contributed by atoms with E-state index >= 15 is 0 Å². The Labute approximate surface area is 131 Å². The van der Waals surface area contributed by atoms with Crippen molar-refractivity contribution in [1.29, 1.82) is 0 Å². The van der Waals surface area contributed by atoms with Crippen molar-refractivity contribution in [1.82, 2.24) is 20.1 Å². The van der Waals surface area contributed by atoms with Crippen LogP contribution in [-0.2, 0) is 16.6 Å². The van der Waals surface area contributed by atoms with E-state index in [0.29, 0.717) is 6.61 Å². The molecule has 0 aliphatic rings. The zero-order valence-electron chi connectivity index (χ0n) is 13.6. The second kappa shape index (κ2) is 8.38. The van der Waals surface area contributed by atoms with Crippen LogP contribution in [-0.4, -0.2) is 45.2 Å². The Bertz CT molecular complexity index is 464. The van der Waals surface area contributed by atoms with Crippen LogP contribution in [0.4, 0.5) is 0 Å². The summed E-state index contributed by atoms with van der Waals surface area (Å²) in [6, 6.07) is 0. The number of aryl methyl sites for hydroxylation is 1. The third-order valence-electron chi connectivity index (χ3n) is 3.40. The summed E-state index contributed by atoms with van der Waals surface area (Å²) in [4.78, 5) is 12.1. The molecule has 0 radical (unpaired) electrons. The van der Waals surface area contributed by atoms with Gasteiger partial charge < -0.3 is 14.6 Å². The van der Waals surface area contributed by atoms with Gasteiger partial charge in [-0.2, -0.15) is 0 Å². The topological polar surface area (TPSA) is 69.0 Å². The quantitative estimate of drug-likeness (QED) is 0.427. The molecule has 0 fully saturated rings. The highest BCUT2D eigenvalue weighted by atomic mass is 32.2. The number of hydrogen-bond acceptors (Lipinski definition) is 6. The lowest BCUT2D eigenvalue weighted by molar-refractivity contribution is -0.150. The Morgan fingerprint density at radius 1 is 1.43 bits per heavy atom. The fourth-order valence-electron chi connectivity index (χ4n) is 2.05. The Balaban J connectivity index is 2.47. The fourth-order valence-corrected chi connectivity index (χ4v) is 2.94. The SMILES string of the molecule is CCNC(C)(CCCSc1nnc(C)n1C)C(=O)OCC. The van der Waals surface area contributed by atoms with Gasteiger partial charge in [0.1, 0.15) is 11.4 Å². The lowest BCUT2D eigenvalue weighted by Crippen LogP contribution is -2.50. The normalized spacial score (nSPS) is 14.0. The van der Waals surface area contributed by atoms with Crippen LogP contribution in [0.2, 0.25) is 0 Å². The van der Waals surface area contributed by atoms with Crippen molar-refractivity contribution in [2.24, 2.45) is 7.05 Å². The van der Waals surface area contributed by atoms with Gasteiger partial charge in [0.15, 0.2) is 5.16 Å². The van der Waals surface area contributed by atoms with Crippen LogP contribution < -0.4 is 5.32 Å². The van der Waals surface area contributed by atoms with E-state index < -0.39 is 5.54 Å². The first-order chi connectivity index (χ1) is 9.94. The number of nitrogens with zero attached hydrogens (tertiary/aromatic N) is 3. The number of likely N-dealkylation sites (N-methyl/N-ethyl adjacent to an activating group) is 1. The van der Waals surface area contributed by atoms with Crippen molar-refractivity contribution in [3.05, 3.63) is 5.82 Å². The molecule has 1 aromatic heterocycles. The van der Waals surface area contributed by atoms with Gasteiger partial charge in [-0.3, -0.25) is 4.79 Å². The molecule has 0 aromatic carbocycles. The fraction of sp³-hybridized carbons (Fsp3) is 0.786. The number of hydrogen-bond donors (Lipinski definition) is 1.